The summed E-state index contributed by atoms with van der Waals surface area (Å²) in [6.45, 7) is 8.16. The minimum atomic E-state index is -2.95. The molecule has 0 unspecified atom stereocenters. The van der Waals surface area contributed by atoms with E-state index in [0.717, 1.165) is 11.1 Å². The highest BCUT2D eigenvalue weighted by Gasteiger charge is 2.44. The summed E-state index contributed by atoms with van der Waals surface area (Å²) in [6.07, 6.45) is 0. The third-order valence-corrected chi connectivity index (χ3v) is 9.21. The molecule has 24 heavy (non-hydrogen) atoms. The van der Waals surface area contributed by atoms with Crippen molar-refractivity contribution in [2.24, 2.45) is 0 Å². The van der Waals surface area contributed by atoms with E-state index in [4.69, 9.17) is 26.6 Å². The number of hydrogen-bond acceptors (Lipinski definition) is 6. The van der Waals surface area contributed by atoms with Crippen LogP contribution in [-0.2, 0) is 26.6 Å². The number of rotatable bonds is 10. The molecule has 0 atom stereocenters. The van der Waals surface area contributed by atoms with Gasteiger partial charge in [-0.25, -0.2) is 0 Å². The molecule has 134 valence electrons. The molecule has 0 amide bonds. The summed E-state index contributed by atoms with van der Waals surface area (Å²) in [6, 6.07) is 7.62. The standard InChI is InChI=1S/C16H26O6Si2/c1-13(23(17-3,18-4)19-5)15-9-11-16(12-10-15)14(2)24(20-6,21-7)22-8/h9-12H,1-2H2,3-8H3. The van der Waals surface area contributed by atoms with Gasteiger partial charge in [0.05, 0.1) is 0 Å². The molecular formula is C16H26O6Si2. The van der Waals surface area contributed by atoms with Gasteiger partial charge in [0, 0.05) is 53.1 Å². The van der Waals surface area contributed by atoms with Crippen molar-refractivity contribution in [3.05, 3.63) is 48.6 Å². The maximum atomic E-state index is 5.46. The Hall–Kier alpha value is -1.11. The Labute approximate surface area is 146 Å². The molecule has 8 heteroatoms. The summed E-state index contributed by atoms with van der Waals surface area (Å²) in [7, 11) is 3.42. The van der Waals surface area contributed by atoms with Gasteiger partial charge in [0.2, 0.25) is 0 Å². The predicted octanol–water partition coefficient (Wildman–Crippen LogP) is 2.55. The summed E-state index contributed by atoms with van der Waals surface area (Å²) in [4.78, 5) is 0. The van der Waals surface area contributed by atoms with E-state index in [1.165, 1.54) is 0 Å². The van der Waals surface area contributed by atoms with E-state index in [9.17, 15) is 0 Å². The topological polar surface area (TPSA) is 55.4 Å². The van der Waals surface area contributed by atoms with Crippen LogP contribution < -0.4 is 0 Å². The highest BCUT2D eigenvalue weighted by molar-refractivity contribution is 6.81. The predicted molar refractivity (Wildman–Crippen MR) is 98.1 cm³/mol. The Balaban J connectivity index is 3.13. The minimum absolute atomic E-state index is 0.681. The zero-order chi connectivity index (χ0) is 18.4. The first-order valence-corrected chi connectivity index (χ1v) is 10.7. The molecule has 1 aromatic rings. The van der Waals surface area contributed by atoms with Crippen molar-refractivity contribution < 1.29 is 26.6 Å². The van der Waals surface area contributed by atoms with Crippen molar-refractivity contribution in [3.8, 4) is 0 Å². The highest BCUT2D eigenvalue weighted by atomic mass is 28.4. The maximum absolute atomic E-state index is 5.46. The first-order valence-electron chi connectivity index (χ1n) is 7.20. The van der Waals surface area contributed by atoms with Gasteiger partial charge in [-0.3, -0.25) is 0 Å². The zero-order valence-corrected chi connectivity index (χ0v) is 17.2. The van der Waals surface area contributed by atoms with Crippen LogP contribution in [0.2, 0.25) is 0 Å². The average molecular weight is 371 g/mol. The van der Waals surface area contributed by atoms with Gasteiger partial charge < -0.3 is 26.6 Å². The van der Waals surface area contributed by atoms with Crippen LogP contribution in [0.5, 0.6) is 0 Å². The normalized spacial score (nSPS) is 12.2. The molecule has 0 aliphatic heterocycles. The average Bonchev–Trinajstić information content (AvgIpc) is 2.65. The van der Waals surface area contributed by atoms with Gasteiger partial charge in [0.1, 0.15) is 0 Å². The lowest BCUT2D eigenvalue weighted by molar-refractivity contribution is 0.141. The summed E-state index contributed by atoms with van der Waals surface area (Å²) >= 11 is 0. The van der Waals surface area contributed by atoms with Crippen LogP contribution >= 0.6 is 0 Å². The SMILES string of the molecule is C=C(c1ccc(C(=C)[Si](OC)(OC)OC)cc1)[Si](OC)(OC)OC. The van der Waals surface area contributed by atoms with Crippen LogP contribution in [0.1, 0.15) is 11.1 Å². The summed E-state index contributed by atoms with van der Waals surface area (Å²) < 4.78 is 32.8. The Morgan fingerprint density at radius 2 is 0.792 bits per heavy atom. The van der Waals surface area contributed by atoms with Crippen LogP contribution in [0.3, 0.4) is 0 Å². The summed E-state index contributed by atoms with van der Waals surface area (Å²) in [5.74, 6) is 0. The first kappa shape index (κ1) is 20.9. The van der Waals surface area contributed by atoms with Gasteiger partial charge in [-0.15, -0.1) is 0 Å². The van der Waals surface area contributed by atoms with E-state index < -0.39 is 17.6 Å². The fraction of sp³-hybridized carbons (Fsp3) is 0.375. The Morgan fingerprint density at radius 3 is 0.958 bits per heavy atom. The van der Waals surface area contributed by atoms with Crippen molar-refractivity contribution in [2.45, 2.75) is 0 Å². The van der Waals surface area contributed by atoms with Crippen LogP contribution in [0.15, 0.2) is 37.4 Å². The van der Waals surface area contributed by atoms with Crippen molar-refractivity contribution in [1.82, 2.24) is 0 Å². The third kappa shape index (κ3) is 3.76. The van der Waals surface area contributed by atoms with E-state index in [1.54, 1.807) is 42.7 Å². The zero-order valence-electron chi connectivity index (χ0n) is 15.2. The summed E-state index contributed by atoms with van der Waals surface area (Å²) in [5, 5.41) is 1.36. The van der Waals surface area contributed by atoms with Crippen molar-refractivity contribution in [2.75, 3.05) is 42.7 Å². The molecule has 0 saturated heterocycles. The quantitative estimate of drug-likeness (QED) is 0.590. The fourth-order valence-corrected chi connectivity index (χ4v) is 5.98. The smallest absolute Gasteiger partial charge is 0.373 e. The second-order valence-corrected chi connectivity index (χ2v) is 10.8. The van der Waals surface area contributed by atoms with Gasteiger partial charge in [0.25, 0.3) is 0 Å². The Kier molecular flexibility index (Phi) is 7.71. The van der Waals surface area contributed by atoms with E-state index in [-0.39, 0.29) is 0 Å². The molecule has 0 N–H and O–H groups in total. The first-order chi connectivity index (χ1) is 11.4. The molecule has 1 rings (SSSR count). The van der Waals surface area contributed by atoms with E-state index in [0.29, 0.717) is 10.4 Å². The molecule has 0 radical (unpaired) electrons. The molecular weight excluding hydrogens is 344 g/mol. The molecule has 0 aromatic heterocycles. The van der Waals surface area contributed by atoms with Crippen molar-refractivity contribution in [3.63, 3.8) is 0 Å². The minimum Gasteiger partial charge on any atom is -0.373 e. The van der Waals surface area contributed by atoms with Crippen LogP contribution in [-0.4, -0.2) is 60.3 Å². The second kappa shape index (κ2) is 8.83. The van der Waals surface area contributed by atoms with Crippen LogP contribution in [0.4, 0.5) is 0 Å². The van der Waals surface area contributed by atoms with Crippen LogP contribution in [0.25, 0.3) is 10.4 Å². The van der Waals surface area contributed by atoms with Crippen molar-refractivity contribution >= 4 is 28.0 Å². The Bertz CT molecular complexity index is 497. The van der Waals surface area contributed by atoms with E-state index in [1.807, 2.05) is 24.3 Å². The van der Waals surface area contributed by atoms with Crippen LogP contribution in [0, 0.1) is 0 Å². The van der Waals surface area contributed by atoms with Crippen molar-refractivity contribution in [1.29, 1.82) is 0 Å². The highest BCUT2D eigenvalue weighted by Crippen LogP contribution is 2.30. The largest absolute Gasteiger partial charge is 0.536 e. The van der Waals surface area contributed by atoms with E-state index >= 15 is 0 Å². The number of benzene rings is 1. The molecule has 0 aliphatic carbocycles. The molecule has 6 nitrogen and oxygen atoms in total. The molecule has 0 fully saturated rings. The maximum Gasteiger partial charge on any atom is 0.536 e. The Morgan fingerprint density at radius 1 is 0.583 bits per heavy atom. The van der Waals surface area contributed by atoms with Gasteiger partial charge in [-0.2, -0.15) is 0 Å². The molecule has 0 heterocycles. The third-order valence-electron chi connectivity index (χ3n) is 3.93. The number of hydrogen-bond donors (Lipinski definition) is 0. The second-order valence-electron chi connectivity index (χ2n) is 4.87. The molecule has 0 saturated carbocycles. The lowest BCUT2D eigenvalue weighted by atomic mass is 10.1. The summed E-state index contributed by atoms with van der Waals surface area (Å²) in [5.41, 5.74) is 1.73. The fourth-order valence-electron chi connectivity index (χ4n) is 2.47. The molecule has 0 spiro atoms. The van der Waals surface area contributed by atoms with Gasteiger partial charge in [-0.05, 0) is 11.1 Å². The van der Waals surface area contributed by atoms with Gasteiger partial charge in [0.15, 0.2) is 0 Å². The molecule has 0 aliphatic rings. The lowest BCUT2D eigenvalue weighted by Crippen LogP contribution is -2.44. The molecule has 1 aromatic carbocycles. The lowest BCUT2D eigenvalue weighted by Gasteiger charge is -2.27. The monoisotopic (exact) mass is 370 g/mol. The van der Waals surface area contributed by atoms with Gasteiger partial charge >= 0.3 is 17.6 Å². The molecule has 0 bridgehead atoms. The van der Waals surface area contributed by atoms with Gasteiger partial charge in [-0.1, -0.05) is 37.4 Å². The van der Waals surface area contributed by atoms with E-state index in [2.05, 4.69) is 13.2 Å².